The zero-order valence-corrected chi connectivity index (χ0v) is 19.1. The number of amides is 1. The minimum absolute atomic E-state index is 0.0678. The van der Waals surface area contributed by atoms with E-state index in [2.05, 4.69) is 11.3 Å². The van der Waals surface area contributed by atoms with E-state index in [1.54, 1.807) is 19.2 Å². The third-order valence-corrected chi connectivity index (χ3v) is 6.87. The molecule has 0 aliphatic carbocycles. The fraction of sp³-hybridized carbons (Fsp3) is 0.286. The van der Waals surface area contributed by atoms with E-state index in [9.17, 15) is 21.6 Å². The lowest BCUT2D eigenvalue weighted by Crippen LogP contribution is -2.29. The van der Waals surface area contributed by atoms with Crippen molar-refractivity contribution in [1.82, 2.24) is 9.62 Å². The maximum atomic E-state index is 12.5. The van der Waals surface area contributed by atoms with E-state index in [1.165, 1.54) is 47.4 Å². The zero-order chi connectivity index (χ0) is 23.1. The molecule has 1 amide bonds. The van der Waals surface area contributed by atoms with Crippen LogP contribution >= 0.6 is 0 Å². The summed E-state index contributed by atoms with van der Waals surface area (Å²) < 4.78 is 55.3. The van der Waals surface area contributed by atoms with Crippen molar-refractivity contribution < 1.29 is 26.4 Å². The van der Waals surface area contributed by atoms with Crippen molar-refractivity contribution >= 4 is 25.8 Å². The number of nitrogens with one attached hydrogen (secondary N) is 1. The minimum Gasteiger partial charge on any atom is -0.493 e. The Labute approximate surface area is 183 Å². The van der Waals surface area contributed by atoms with Gasteiger partial charge in [-0.2, -0.15) is 0 Å². The normalized spacial score (nSPS) is 11.7. The Balaban J connectivity index is 1.88. The van der Waals surface area contributed by atoms with E-state index < -0.39 is 19.9 Å². The van der Waals surface area contributed by atoms with Crippen molar-refractivity contribution in [2.45, 2.75) is 16.2 Å². The molecule has 0 saturated heterocycles. The smallest absolute Gasteiger partial charge is 0.253 e. The van der Waals surface area contributed by atoms with Crippen LogP contribution in [0.15, 0.2) is 71.0 Å². The Bertz CT molecular complexity index is 1130. The van der Waals surface area contributed by atoms with Crippen molar-refractivity contribution in [2.24, 2.45) is 0 Å². The molecule has 0 aliphatic heterocycles. The number of benzene rings is 2. The van der Waals surface area contributed by atoms with Crippen LogP contribution in [-0.4, -0.2) is 60.6 Å². The summed E-state index contributed by atoms with van der Waals surface area (Å²) in [5.41, 5.74) is 0.368. The highest BCUT2D eigenvalue weighted by Crippen LogP contribution is 2.17. The second-order valence-corrected chi connectivity index (χ2v) is 10.6. The average molecular weight is 467 g/mol. The molecule has 0 spiro atoms. The zero-order valence-electron chi connectivity index (χ0n) is 17.4. The maximum absolute atomic E-state index is 12.5. The Morgan fingerprint density at radius 1 is 1.10 bits per heavy atom. The van der Waals surface area contributed by atoms with Crippen LogP contribution in [0.4, 0.5) is 0 Å². The average Bonchev–Trinajstić information content (AvgIpc) is 2.74. The number of hydrogen-bond acceptors (Lipinski definition) is 6. The molecule has 0 saturated carbocycles. The summed E-state index contributed by atoms with van der Waals surface area (Å²) in [6, 6.07) is 11.9. The number of carbonyl (C=O) groups excluding carboxylic acids is 1. The summed E-state index contributed by atoms with van der Waals surface area (Å²) in [5.74, 6) is 0.195. The molecule has 0 bridgehead atoms. The van der Waals surface area contributed by atoms with Gasteiger partial charge in [-0.05, 0) is 48.9 Å². The van der Waals surface area contributed by atoms with Crippen LogP contribution in [0.25, 0.3) is 0 Å². The number of rotatable bonds is 11. The highest BCUT2D eigenvalue weighted by Gasteiger charge is 2.16. The van der Waals surface area contributed by atoms with Gasteiger partial charge in [0.2, 0.25) is 10.0 Å². The van der Waals surface area contributed by atoms with Gasteiger partial charge < -0.3 is 9.64 Å². The van der Waals surface area contributed by atoms with E-state index in [4.69, 9.17) is 4.74 Å². The third kappa shape index (κ3) is 7.20. The SMILES string of the molecule is C=CCNS(=O)(=O)c1ccc(C(=O)N(C)CCCOc2cccc(S(C)(=O)=O)c2)cc1. The second-order valence-electron chi connectivity index (χ2n) is 6.84. The second kappa shape index (κ2) is 10.6. The fourth-order valence-electron chi connectivity index (χ4n) is 2.64. The summed E-state index contributed by atoms with van der Waals surface area (Å²) in [6.07, 6.45) is 3.10. The van der Waals surface area contributed by atoms with Gasteiger partial charge in [0.05, 0.1) is 16.4 Å². The predicted molar refractivity (Wildman–Crippen MR) is 118 cm³/mol. The molecule has 31 heavy (non-hydrogen) atoms. The summed E-state index contributed by atoms with van der Waals surface area (Å²) in [6.45, 7) is 4.29. The minimum atomic E-state index is -3.64. The number of nitrogens with zero attached hydrogens (tertiary/aromatic N) is 1. The molecule has 0 unspecified atom stereocenters. The lowest BCUT2D eigenvalue weighted by atomic mass is 10.2. The molecule has 1 N–H and O–H groups in total. The number of hydrogen-bond donors (Lipinski definition) is 1. The molecular weight excluding hydrogens is 440 g/mol. The Morgan fingerprint density at radius 3 is 2.39 bits per heavy atom. The van der Waals surface area contributed by atoms with Gasteiger partial charge >= 0.3 is 0 Å². The van der Waals surface area contributed by atoms with E-state index >= 15 is 0 Å². The molecular formula is C21H26N2O6S2. The van der Waals surface area contributed by atoms with Crippen LogP contribution in [-0.2, 0) is 19.9 Å². The number of sulfonamides is 1. The monoisotopic (exact) mass is 466 g/mol. The van der Waals surface area contributed by atoms with Crippen LogP contribution in [0.2, 0.25) is 0 Å². The Morgan fingerprint density at radius 2 is 1.77 bits per heavy atom. The van der Waals surface area contributed by atoms with Gasteiger partial charge in [-0.1, -0.05) is 12.1 Å². The van der Waals surface area contributed by atoms with Crippen LogP contribution in [0.3, 0.4) is 0 Å². The number of carbonyl (C=O) groups is 1. The number of ether oxygens (including phenoxy) is 1. The van der Waals surface area contributed by atoms with E-state index in [0.29, 0.717) is 30.9 Å². The van der Waals surface area contributed by atoms with Crippen molar-refractivity contribution in [3.8, 4) is 5.75 Å². The molecule has 0 aromatic heterocycles. The molecule has 0 radical (unpaired) electrons. The maximum Gasteiger partial charge on any atom is 0.253 e. The van der Waals surface area contributed by atoms with Gasteiger partial charge in [0, 0.05) is 32.0 Å². The quantitative estimate of drug-likeness (QED) is 0.401. The van der Waals surface area contributed by atoms with E-state index in [1.807, 2.05) is 0 Å². The van der Waals surface area contributed by atoms with Crippen LogP contribution in [0.1, 0.15) is 16.8 Å². The topological polar surface area (TPSA) is 110 Å². The van der Waals surface area contributed by atoms with E-state index in [0.717, 1.165) is 6.26 Å². The Kier molecular flexibility index (Phi) is 8.37. The molecule has 10 heteroatoms. The molecule has 2 rings (SSSR count). The Hall–Kier alpha value is -2.69. The summed E-state index contributed by atoms with van der Waals surface area (Å²) in [5, 5.41) is 0. The summed E-state index contributed by atoms with van der Waals surface area (Å²) in [4.78, 5) is 14.3. The predicted octanol–water partition coefficient (Wildman–Crippen LogP) is 2.10. The molecule has 0 fully saturated rings. The van der Waals surface area contributed by atoms with Gasteiger partial charge in [0.25, 0.3) is 5.91 Å². The molecule has 168 valence electrons. The summed E-state index contributed by atoms with van der Waals surface area (Å²) in [7, 11) is -5.31. The lowest BCUT2D eigenvalue weighted by Gasteiger charge is -2.17. The van der Waals surface area contributed by atoms with Crippen LogP contribution in [0.5, 0.6) is 5.75 Å². The standard InChI is InChI=1S/C21H26N2O6S2/c1-4-13-22-31(27,28)19-11-9-17(10-12-19)21(24)23(2)14-6-15-29-18-7-5-8-20(16-18)30(3,25)26/h4-5,7-12,16,22H,1,6,13-15H2,2-3H3. The first-order valence-corrected chi connectivity index (χ1v) is 12.8. The van der Waals surface area contributed by atoms with Crippen molar-refractivity contribution in [2.75, 3.05) is 33.0 Å². The third-order valence-electron chi connectivity index (χ3n) is 4.32. The molecule has 0 atom stereocenters. The van der Waals surface area contributed by atoms with Gasteiger partial charge in [0.1, 0.15) is 5.75 Å². The van der Waals surface area contributed by atoms with E-state index in [-0.39, 0.29) is 22.2 Å². The molecule has 0 heterocycles. The van der Waals surface area contributed by atoms with Gasteiger partial charge in [-0.25, -0.2) is 21.6 Å². The highest BCUT2D eigenvalue weighted by atomic mass is 32.2. The van der Waals surface area contributed by atoms with Gasteiger partial charge in [-0.3, -0.25) is 4.79 Å². The first-order chi connectivity index (χ1) is 14.5. The summed E-state index contributed by atoms with van der Waals surface area (Å²) >= 11 is 0. The van der Waals surface area contributed by atoms with Gasteiger partial charge in [-0.15, -0.1) is 6.58 Å². The first-order valence-electron chi connectivity index (χ1n) is 9.43. The first kappa shape index (κ1) is 24.6. The van der Waals surface area contributed by atoms with Gasteiger partial charge in [0.15, 0.2) is 9.84 Å². The van der Waals surface area contributed by atoms with Crippen LogP contribution < -0.4 is 9.46 Å². The molecule has 0 aliphatic rings. The molecule has 8 nitrogen and oxygen atoms in total. The molecule has 2 aromatic carbocycles. The largest absolute Gasteiger partial charge is 0.493 e. The van der Waals surface area contributed by atoms with Crippen molar-refractivity contribution in [3.63, 3.8) is 0 Å². The van der Waals surface area contributed by atoms with Crippen molar-refractivity contribution in [3.05, 3.63) is 66.7 Å². The fourth-order valence-corrected chi connectivity index (χ4v) is 4.29. The lowest BCUT2D eigenvalue weighted by molar-refractivity contribution is 0.0787. The number of sulfone groups is 1. The molecule has 2 aromatic rings. The van der Waals surface area contributed by atoms with Crippen molar-refractivity contribution in [1.29, 1.82) is 0 Å². The van der Waals surface area contributed by atoms with Crippen LogP contribution in [0, 0.1) is 0 Å². The highest BCUT2D eigenvalue weighted by molar-refractivity contribution is 7.90.